The molecule has 118 valence electrons. The number of benzene rings is 1. The van der Waals surface area contributed by atoms with E-state index in [1.807, 2.05) is 0 Å². The van der Waals surface area contributed by atoms with Gasteiger partial charge in [0, 0.05) is 24.1 Å². The second kappa shape index (κ2) is 7.90. The Bertz CT molecular complexity index is 698. The van der Waals surface area contributed by atoms with E-state index in [4.69, 9.17) is 10.3 Å². The minimum atomic E-state index is -3.52. The maximum absolute atomic E-state index is 12.1. The van der Waals surface area contributed by atoms with Crippen molar-refractivity contribution < 1.29 is 12.9 Å². The number of nitrogens with zero attached hydrogens (tertiary/aromatic N) is 1. The third-order valence-corrected chi connectivity index (χ3v) is 5.16. The molecule has 3 N–H and O–H groups in total. The molecule has 0 aliphatic rings. The van der Waals surface area contributed by atoms with Gasteiger partial charge >= 0.3 is 0 Å². The summed E-state index contributed by atoms with van der Waals surface area (Å²) in [6, 6.07) is 9.98. The lowest BCUT2D eigenvalue weighted by atomic mass is 10.4. The molecule has 0 spiro atoms. The molecule has 0 saturated carbocycles. The standard InChI is InChI=1S/C14H17N3O3S2/c15-14(11-22(18,19)13-4-2-1-3-5-13)16-7-9-21-10-12-6-8-20-17-12/h1-6,8,11,16H,7,9-10,15H2. The summed E-state index contributed by atoms with van der Waals surface area (Å²) in [6.07, 6.45) is 1.53. The lowest BCUT2D eigenvalue weighted by Crippen LogP contribution is -2.23. The molecule has 0 fully saturated rings. The van der Waals surface area contributed by atoms with E-state index in [2.05, 4.69) is 10.5 Å². The fraction of sp³-hybridized carbons (Fsp3) is 0.214. The molecule has 0 aliphatic carbocycles. The molecular formula is C14H17N3O3S2. The van der Waals surface area contributed by atoms with E-state index in [9.17, 15) is 8.42 Å². The molecular weight excluding hydrogens is 322 g/mol. The van der Waals surface area contributed by atoms with Gasteiger partial charge < -0.3 is 15.6 Å². The number of aromatic nitrogens is 1. The zero-order valence-electron chi connectivity index (χ0n) is 11.8. The van der Waals surface area contributed by atoms with Crippen LogP contribution in [-0.2, 0) is 15.6 Å². The highest BCUT2D eigenvalue weighted by Crippen LogP contribution is 2.12. The van der Waals surface area contributed by atoms with E-state index in [0.29, 0.717) is 6.54 Å². The zero-order chi connectivity index (χ0) is 15.8. The summed E-state index contributed by atoms with van der Waals surface area (Å²) in [7, 11) is -3.52. The van der Waals surface area contributed by atoms with Gasteiger partial charge in [0.05, 0.1) is 16.0 Å². The summed E-state index contributed by atoms with van der Waals surface area (Å²) in [5, 5.41) is 7.73. The van der Waals surface area contributed by atoms with Crippen molar-refractivity contribution in [2.24, 2.45) is 5.73 Å². The summed E-state index contributed by atoms with van der Waals surface area (Å²) in [4.78, 5) is 0.222. The third-order valence-electron chi connectivity index (χ3n) is 2.67. The summed E-state index contributed by atoms with van der Waals surface area (Å²) >= 11 is 1.65. The Balaban J connectivity index is 1.78. The van der Waals surface area contributed by atoms with Gasteiger partial charge in [0.15, 0.2) is 0 Å². The zero-order valence-corrected chi connectivity index (χ0v) is 13.4. The Hall–Kier alpha value is -1.93. The molecule has 0 unspecified atom stereocenters. The summed E-state index contributed by atoms with van der Waals surface area (Å²) in [6.45, 7) is 0.565. The van der Waals surface area contributed by atoms with Gasteiger partial charge in [-0.25, -0.2) is 8.42 Å². The van der Waals surface area contributed by atoms with Crippen molar-refractivity contribution in [2.75, 3.05) is 12.3 Å². The Morgan fingerprint density at radius 1 is 1.32 bits per heavy atom. The smallest absolute Gasteiger partial charge is 0.203 e. The van der Waals surface area contributed by atoms with Crippen LogP contribution < -0.4 is 11.1 Å². The first-order valence-electron chi connectivity index (χ1n) is 6.56. The maximum Gasteiger partial charge on any atom is 0.203 e. The van der Waals surface area contributed by atoms with Gasteiger partial charge in [-0.05, 0) is 12.1 Å². The van der Waals surface area contributed by atoms with Crippen LogP contribution in [0.15, 0.2) is 63.3 Å². The van der Waals surface area contributed by atoms with Crippen LogP contribution in [0, 0.1) is 0 Å². The van der Waals surface area contributed by atoms with Gasteiger partial charge in [-0.3, -0.25) is 0 Å². The van der Waals surface area contributed by atoms with Crippen molar-refractivity contribution in [1.29, 1.82) is 0 Å². The number of rotatable bonds is 8. The van der Waals surface area contributed by atoms with Crippen LogP contribution in [0.4, 0.5) is 0 Å². The van der Waals surface area contributed by atoms with Crippen LogP contribution in [0.3, 0.4) is 0 Å². The molecule has 0 saturated heterocycles. The highest BCUT2D eigenvalue weighted by molar-refractivity contribution is 7.98. The molecule has 1 aromatic carbocycles. The van der Waals surface area contributed by atoms with E-state index in [-0.39, 0.29) is 10.7 Å². The van der Waals surface area contributed by atoms with Crippen LogP contribution in [0.5, 0.6) is 0 Å². The fourth-order valence-corrected chi connectivity index (χ4v) is 3.48. The molecule has 0 atom stereocenters. The van der Waals surface area contributed by atoms with Gasteiger partial charge in [0.2, 0.25) is 9.84 Å². The highest BCUT2D eigenvalue weighted by atomic mass is 32.2. The second-order valence-electron chi connectivity index (χ2n) is 4.40. The maximum atomic E-state index is 12.1. The summed E-state index contributed by atoms with van der Waals surface area (Å²) in [5.74, 6) is 1.64. The minimum Gasteiger partial charge on any atom is -0.385 e. The molecule has 22 heavy (non-hydrogen) atoms. The lowest BCUT2D eigenvalue weighted by molar-refractivity contribution is 0.414. The van der Waals surface area contributed by atoms with Gasteiger partial charge in [0.25, 0.3) is 0 Å². The first kappa shape index (κ1) is 16.4. The van der Waals surface area contributed by atoms with E-state index in [0.717, 1.165) is 22.6 Å². The predicted molar refractivity (Wildman–Crippen MR) is 86.6 cm³/mol. The Morgan fingerprint density at radius 3 is 2.77 bits per heavy atom. The largest absolute Gasteiger partial charge is 0.385 e. The van der Waals surface area contributed by atoms with Gasteiger partial charge in [-0.15, -0.1) is 0 Å². The second-order valence-corrected chi connectivity index (χ2v) is 7.30. The normalized spacial score (nSPS) is 12.3. The molecule has 0 bridgehead atoms. The van der Waals surface area contributed by atoms with Gasteiger partial charge in [0.1, 0.15) is 12.1 Å². The van der Waals surface area contributed by atoms with Gasteiger partial charge in [-0.2, -0.15) is 11.8 Å². The van der Waals surface area contributed by atoms with Crippen LogP contribution >= 0.6 is 11.8 Å². The molecule has 1 aromatic heterocycles. The lowest BCUT2D eigenvalue weighted by Gasteiger charge is -2.06. The average Bonchev–Trinajstić information content (AvgIpc) is 3.00. The molecule has 0 aliphatic heterocycles. The number of nitrogens with two attached hydrogens (primary N) is 1. The number of sulfone groups is 1. The number of hydrogen-bond acceptors (Lipinski definition) is 7. The summed E-state index contributed by atoms with van der Waals surface area (Å²) in [5.41, 5.74) is 6.58. The van der Waals surface area contributed by atoms with Crippen LogP contribution in [-0.4, -0.2) is 25.9 Å². The molecule has 1 heterocycles. The van der Waals surface area contributed by atoms with Crippen LogP contribution in [0.2, 0.25) is 0 Å². The van der Waals surface area contributed by atoms with Crippen molar-refractivity contribution in [1.82, 2.24) is 10.5 Å². The van der Waals surface area contributed by atoms with Crippen molar-refractivity contribution in [2.45, 2.75) is 10.6 Å². The number of thioether (sulfide) groups is 1. The van der Waals surface area contributed by atoms with E-state index >= 15 is 0 Å². The minimum absolute atomic E-state index is 0.130. The molecule has 0 radical (unpaired) electrons. The molecule has 2 aromatic rings. The van der Waals surface area contributed by atoms with E-state index in [1.165, 1.54) is 18.4 Å². The Morgan fingerprint density at radius 2 is 2.09 bits per heavy atom. The first-order valence-corrected chi connectivity index (χ1v) is 9.26. The van der Waals surface area contributed by atoms with Gasteiger partial charge in [-0.1, -0.05) is 23.4 Å². The fourth-order valence-electron chi connectivity index (χ4n) is 1.64. The van der Waals surface area contributed by atoms with Crippen molar-refractivity contribution in [3.8, 4) is 0 Å². The molecule has 6 nitrogen and oxygen atoms in total. The third kappa shape index (κ3) is 5.12. The number of nitrogens with one attached hydrogen (secondary N) is 1. The monoisotopic (exact) mass is 339 g/mol. The topological polar surface area (TPSA) is 98.2 Å². The van der Waals surface area contributed by atoms with Crippen LogP contribution in [0.1, 0.15) is 5.69 Å². The molecule has 2 rings (SSSR count). The molecule has 0 amide bonds. The predicted octanol–water partition coefficient (Wildman–Crippen LogP) is 1.73. The van der Waals surface area contributed by atoms with E-state index < -0.39 is 9.84 Å². The van der Waals surface area contributed by atoms with Crippen molar-refractivity contribution in [3.63, 3.8) is 0 Å². The Kier molecular flexibility index (Phi) is 5.91. The number of hydrogen-bond donors (Lipinski definition) is 2. The SMILES string of the molecule is NC(=CS(=O)(=O)c1ccccc1)NCCSCc1ccon1. The molecule has 8 heteroatoms. The first-order chi connectivity index (χ1) is 10.6. The van der Waals surface area contributed by atoms with E-state index in [1.54, 1.807) is 36.0 Å². The van der Waals surface area contributed by atoms with Crippen LogP contribution in [0.25, 0.3) is 0 Å². The Labute approximate surface area is 133 Å². The summed E-state index contributed by atoms with van der Waals surface area (Å²) < 4.78 is 28.9. The average molecular weight is 339 g/mol. The van der Waals surface area contributed by atoms with Crippen molar-refractivity contribution >= 4 is 21.6 Å². The van der Waals surface area contributed by atoms with Crippen molar-refractivity contribution in [3.05, 3.63) is 59.6 Å². The highest BCUT2D eigenvalue weighted by Gasteiger charge is 2.10. The quantitative estimate of drug-likeness (QED) is 0.707.